The third-order valence-electron chi connectivity index (χ3n) is 6.51. The number of nitrogens with two attached hydrogens (primary N) is 1. The molecule has 0 aliphatic heterocycles. The van der Waals surface area contributed by atoms with Gasteiger partial charge in [-0.05, 0) is 49.6 Å². The van der Waals surface area contributed by atoms with Gasteiger partial charge in [0.2, 0.25) is 0 Å². The lowest BCUT2D eigenvalue weighted by Crippen LogP contribution is -2.40. The Morgan fingerprint density at radius 3 is 2.45 bits per heavy atom. The van der Waals surface area contributed by atoms with Gasteiger partial charge >= 0.3 is 6.36 Å². The molecule has 1 amide bonds. The minimum Gasteiger partial charge on any atom is -0.335 e. The normalized spacial score (nSPS) is 12.6. The summed E-state index contributed by atoms with van der Waals surface area (Å²) in [7, 11) is 0. The number of halogens is 3. The second kappa shape index (κ2) is 12.4. The van der Waals surface area contributed by atoms with Crippen LogP contribution in [0, 0.1) is 6.92 Å². The summed E-state index contributed by atoms with van der Waals surface area (Å²) in [5, 5.41) is 4.19. The van der Waals surface area contributed by atoms with E-state index in [1.54, 1.807) is 11.8 Å². The molecule has 40 heavy (non-hydrogen) atoms. The largest absolute Gasteiger partial charge is 0.522 e. The highest BCUT2D eigenvalue weighted by Crippen LogP contribution is 2.27. The van der Waals surface area contributed by atoms with Crippen molar-refractivity contribution < 1.29 is 27.2 Å². The summed E-state index contributed by atoms with van der Waals surface area (Å²) in [4.78, 5) is 33.8. The van der Waals surface area contributed by atoms with Gasteiger partial charge in [-0.15, -0.1) is 13.2 Å². The molecule has 2 aromatic heterocycles. The summed E-state index contributed by atoms with van der Waals surface area (Å²) in [6.45, 7) is 3.67. The number of carbonyl (C=O) groups is 1. The number of fused-ring (bicyclic) bond motifs is 1. The highest BCUT2D eigenvalue weighted by molar-refractivity contribution is 5.94. The maximum atomic E-state index is 13.8. The minimum absolute atomic E-state index is 0.0838. The predicted molar refractivity (Wildman–Crippen MR) is 141 cm³/mol. The van der Waals surface area contributed by atoms with E-state index in [1.165, 1.54) is 28.8 Å². The van der Waals surface area contributed by atoms with Crippen molar-refractivity contribution in [3.63, 3.8) is 0 Å². The van der Waals surface area contributed by atoms with E-state index < -0.39 is 19.0 Å². The Morgan fingerprint density at radius 2 is 1.82 bits per heavy atom. The maximum absolute atomic E-state index is 13.8. The molecular weight excluding hydrogens is 527 g/mol. The SMILES string of the molecule is CCC(c1nc2onc(C)c2c(=O)n1Cc1ccccc1)N(CCCN)C(=O)c1ccc(COC(F)(F)F)cc1. The molecule has 2 N–H and O–H groups in total. The second-order valence-corrected chi connectivity index (χ2v) is 9.29. The molecule has 9 nitrogen and oxygen atoms in total. The molecule has 1 unspecified atom stereocenters. The van der Waals surface area contributed by atoms with Crippen LogP contribution in [-0.2, 0) is 17.9 Å². The van der Waals surface area contributed by atoms with Crippen molar-refractivity contribution >= 4 is 17.0 Å². The number of amides is 1. The summed E-state index contributed by atoms with van der Waals surface area (Å²) < 4.78 is 48.0. The Balaban J connectivity index is 1.75. The van der Waals surface area contributed by atoms with Crippen LogP contribution in [0.1, 0.15) is 58.8 Å². The molecule has 2 aromatic carbocycles. The lowest BCUT2D eigenvalue weighted by atomic mass is 10.1. The Kier molecular flexibility index (Phi) is 9.00. The number of hydrogen-bond donors (Lipinski definition) is 1. The van der Waals surface area contributed by atoms with Crippen LogP contribution in [0.5, 0.6) is 0 Å². The molecule has 0 radical (unpaired) electrons. The zero-order chi connectivity index (χ0) is 28.9. The molecule has 0 aliphatic carbocycles. The Hall–Kier alpha value is -4.03. The highest BCUT2D eigenvalue weighted by atomic mass is 19.4. The number of hydrogen-bond acceptors (Lipinski definition) is 7. The zero-order valence-electron chi connectivity index (χ0n) is 22.1. The third-order valence-corrected chi connectivity index (χ3v) is 6.51. The number of ether oxygens (including phenoxy) is 1. The molecular formula is C28H30F3N5O4. The number of benzene rings is 2. The van der Waals surface area contributed by atoms with Gasteiger partial charge in [0.25, 0.3) is 17.2 Å². The van der Waals surface area contributed by atoms with Gasteiger partial charge < -0.3 is 15.2 Å². The zero-order valence-corrected chi connectivity index (χ0v) is 22.1. The van der Waals surface area contributed by atoms with Crippen LogP contribution < -0.4 is 11.3 Å². The molecule has 0 fully saturated rings. The molecule has 4 aromatic rings. The standard InChI is InChI=1S/C28H30F3N5O4/c1-3-22(35(15-7-14-32)26(37)21-12-10-20(11-13-21)17-39-28(29,30)31)24-33-25-23(18(2)34-40-25)27(38)36(24)16-19-8-5-4-6-9-19/h4-6,8-13,22H,3,7,14-17,32H2,1-2H3. The number of aryl methyl sites for hydroxylation is 1. The van der Waals surface area contributed by atoms with Crippen LogP contribution in [0.2, 0.25) is 0 Å². The van der Waals surface area contributed by atoms with Crippen LogP contribution in [0.3, 0.4) is 0 Å². The maximum Gasteiger partial charge on any atom is 0.522 e. The van der Waals surface area contributed by atoms with Crippen LogP contribution in [0.25, 0.3) is 11.1 Å². The second-order valence-electron chi connectivity index (χ2n) is 9.29. The van der Waals surface area contributed by atoms with Crippen LogP contribution in [0.15, 0.2) is 63.9 Å². The van der Waals surface area contributed by atoms with E-state index in [1.807, 2.05) is 37.3 Å². The van der Waals surface area contributed by atoms with Crippen LogP contribution in [0.4, 0.5) is 13.2 Å². The Labute approximate surface area is 228 Å². The average molecular weight is 558 g/mol. The Morgan fingerprint density at radius 1 is 1.12 bits per heavy atom. The number of aromatic nitrogens is 3. The van der Waals surface area contributed by atoms with Gasteiger partial charge in [-0.1, -0.05) is 54.5 Å². The van der Waals surface area contributed by atoms with E-state index in [9.17, 15) is 22.8 Å². The van der Waals surface area contributed by atoms with Crippen LogP contribution in [-0.4, -0.2) is 45.0 Å². The van der Waals surface area contributed by atoms with E-state index in [4.69, 9.17) is 10.3 Å². The summed E-state index contributed by atoms with van der Waals surface area (Å²) >= 11 is 0. The monoisotopic (exact) mass is 557 g/mol. The van der Waals surface area contributed by atoms with Crippen LogP contribution >= 0.6 is 0 Å². The van der Waals surface area contributed by atoms with Crippen molar-refractivity contribution in [2.45, 2.75) is 52.2 Å². The van der Waals surface area contributed by atoms with Crippen molar-refractivity contribution in [1.82, 2.24) is 19.6 Å². The van der Waals surface area contributed by atoms with Gasteiger partial charge in [0.15, 0.2) is 0 Å². The van der Waals surface area contributed by atoms with Crippen molar-refractivity contribution in [3.8, 4) is 0 Å². The molecule has 0 saturated heterocycles. The van der Waals surface area contributed by atoms with E-state index in [0.29, 0.717) is 30.9 Å². The molecule has 0 bridgehead atoms. The summed E-state index contributed by atoms with van der Waals surface area (Å²) in [5.74, 6) is -0.0430. The first kappa shape index (κ1) is 29.0. The molecule has 0 spiro atoms. The van der Waals surface area contributed by atoms with Crippen molar-refractivity contribution in [3.05, 3.63) is 93.2 Å². The van der Waals surface area contributed by atoms with E-state index in [2.05, 4.69) is 14.9 Å². The summed E-state index contributed by atoms with van der Waals surface area (Å²) in [5.41, 5.74) is 7.34. The van der Waals surface area contributed by atoms with Gasteiger partial charge in [-0.2, -0.15) is 4.98 Å². The van der Waals surface area contributed by atoms with Crippen molar-refractivity contribution in [2.75, 3.05) is 13.1 Å². The topological polar surface area (TPSA) is 116 Å². The summed E-state index contributed by atoms with van der Waals surface area (Å²) in [6, 6.07) is 14.5. The molecule has 2 heterocycles. The van der Waals surface area contributed by atoms with Gasteiger partial charge in [0.05, 0.1) is 24.9 Å². The molecule has 1 atom stereocenters. The first-order valence-electron chi connectivity index (χ1n) is 12.8. The van der Waals surface area contributed by atoms with Gasteiger partial charge in [0, 0.05) is 12.1 Å². The molecule has 4 rings (SSSR count). The van der Waals surface area contributed by atoms with Gasteiger partial charge in [0.1, 0.15) is 11.2 Å². The lowest BCUT2D eigenvalue weighted by molar-refractivity contribution is -0.330. The van der Waals surface area contributed by atoms with E-state index in [-0.39, 0.29) is 46.8 Å². The fourth-order valence-corrected chi connectivity index (χ4v) is 4.53. The first-order valence-corrected chi connectivity index (χ1v) is 12.8. The van der Waals surface area contributed by atoms with E-state index >= 15 is 0 Å². The highest BCUT2D eigenvalue weighted by Gasteiger charge is 2.31. The quantitative estimate of drug-likeness (QED) is 0.284. The van der Waals surface area contributed by atoms with Gasteiger partial charge in [-0.3, -0.25) is 18.9 Å². The smallest absolute Gasteiger partial charge is 0.335 e. The fraction of sp³-hybridized carbons (Fsp3) is 0.357. The lowest BCUT2D eigenvalue weighted by Gasteiger charge is -2.32. The predicted octanol–water partition coefficient (Wildman–Crippen LogP) is 4.72. The average Bonchev–Trinajstić information content (AvgIpc) is 3.32. The van der Waals surface area contributed by atoms with Crippen molar-refractivity contribution in [2.24, 2.45) is 5.73 Å². The summed E-state index contributed by atoms with van der Waals surface area (Å²) in [6.07, 6.45) is -3.87. The third kappa shape index (κ3) is 6.57. The fourth-order valence-electron chi connectivity index (χ4n) is 4.53. The minimum atomic E-state index is -4.76. The Bertz CT molecular complexity index is 1500. The number of carbonyl (C=O) groups excluding carboxylic acids is 1. The van der Waals surface area contributed by atoms with Gasteiger partial charge in [-0.25, -0.2) is 0 Å². The molecule has 0 saturated carbocycles. The number of alkyl halides is 3. The first-order chi connectivity index (χ1) is 19.1. The van der Waals surface area contributed by atoms with Crippen molar-refractivity contribution in [1.29, 1.82) is 0 Å². The number of rotatable bonds is 11. The van der Waals surface area contributed by atoms with E-state index in [0.717, 1.165) is 5.56 Å². The molecule has 12 heteroatoms. The molecule has 0 aliphatic rings. The molecule has 212 valence electrons. The number of nitrogens with zero attached hydrogens (tertiary/aromatic N) is 4.